The fourth-order valence-electron chi connectivity index (χ4n) is 1.79. The average Bonchev–Trinajstić information content (AvgIpc) is 2.47. The minimum Gasteiger partial charge on any atom is -0.322 e. The number of ketones is 1. The quantitative estimate of drug-likeness (QED) is 0.665. The molecule has 0 aromatic heterocycles. The lowest BCUT2D eigenvalue weighted by Crippen LogP contribution is -2.12. The Labute approximate surface area is 127 Å². The Bertz CT molecular complexity index is 825. The maximum atomic E-state index is 12.1. The Hall–Kier alpha value is -2.51. The van der Waals surface area contributed by atoms with E-state index < -0.39 is 16.0 Å². The van der Waals surface area contributed by atoms with E-state index in [-0.39, 0.29) is 10.7 Å². The van der Waals surface area contributed by atoms with Crippen molar-refractivity contribution in [1.82, 2.24) is 0 Å². The van der Waals surface area contributed by atoms with Crippen LogP contribution in [0.2, 0.25) is 0 Å². The van der Waals surface area contributed by atoms with Crippen molar-refractivity contribution in [1.29, 1.82) is 0 Å². The molecule has 2 aromatic carbocycles. The third kappa shape index (κ3) is 3.78. The molecule has 0 aliphatic carbocycles. The van der Waals surface area contributed by atoms with E-state index in [4.69, 9.17) is 4.55 Å². The van der Waals surface area contributed by atoms with Gasteiger partial charge in [-0.15, -0.1) is 0 Å². The summed E-state index contributed by atoms with van der Waals surface area (Å²) >= 11 is 0. The number of Topliss-reactive ketones (excluding diaryl/α,β-unsaturated/α-hetero) is 1. The third-order valence-corrected chi connectivity index (χ3v) is 3.81. The average molecular weight is 319 g/mol. The van der Waals surface area contributed by atoms with Gasteiger partial charge in [-0.1, -0.05) is 12.1 Å². The molecule has 1 amide bonds. The van der Waals surface area contributed by atoms with E-state index in [1.54, 1.807) is 18.2 Å². The Morgan fingerprint density at radius 1 is 1.00 bits per heavy atom. The number of carbonyl (C=O) groups is 2. The fourth-order valence-corrected chi connectivity index (χ4v) is 2.27. The molecule has 0 saturated carbocycles. The minimum atomic E-state index is -4.27. The molecule has 2 rings (SSSR count). The minimum absolute atomic E-state index is 0.146. The van der Waals surface area contributed by atoms with E-state index >= 15 is 0 Å². The molecule has 0 spiro atoms. The topological polar surface area (TPSA) is 101 Å². The number of hydrogen-bond donors (Lipinski definition) is 2. The lowest BCUT2D eigenvalue weighted by atomic mass is 10.1. The Morgan fingerprint density at radius 3 is 2.14 bits per heavy atom. The maximum absolute atomic E-state index is 12.1. The van der Waals surface area contributed by atoms with E-state index in [1.165, 1.54) is 37.3 Å². The molecule has 0 bridgehead atoms. The van der Waals surface area contributed by atoms with Gasteiger partial charge in [0.1, 0.15) is 0 Å². The number of amides is 1. The fraction of sp³-hybridized carbons (Fsp3) is 0.0667. The van der Waals surface area contributed by atoms with Gasteiger partial charge in [-0.3, -0.25) is 14.1 Å². The summed E-state index contributed by atoms with van der Waals surface area (Å²) in [6, 6.07) is 11.3. The zero-order valence-corrected chi connectivity index (χ0v) is 12.4. The van der Waals surface area contributed by atoms with Crippen LogP contribution in [0.4, 0.5) is 5.69 Å². The lowest BCUT2D eigenvalue weighted by molar-refractivity contribution is 0.101. The first kappa shape index (κ1) is 15.9. The summed E-state index contributed by atoms with van der Waals surface area (Å²) in [6.45, 7) is 1.41. The predicted octanol–water partition coefficient (Wildman–Crippen LogP) is 2.39. The standard InChI is InChI=1S/C15H13NO5S/c1-10(17)11-3-2-4-12(9-11)15(18)16-13-5-7-14(8-6-13)22(19,20)21/h2-9H,1H3,(H,16,18)(H,19,20,21). The van der Waals surface area contributed by atoms with Gasteiger partial charge in [0.25, 0.3) is 16.0 Å². The van der Waals surface area contributed by atoms with Gasteiger partial charge >= 0.3 is 0 Å². The largest absolute Gasteiger partial charge is 0.322 e. The molecule has 0 aliphatic heterocycles. The van der Waals surface area contributed by atoms with Gasteiger partial charge < -0.3 is 5.32 Å². The van der Waals surface area contributed by atoms with Crippen LogP contribution in [0.25, 0.3) is 0 Å². The smallest absolute Gasteiger partial charge is 0.294 e. The molecule has 2 aromatic rings. The Morgan fingerprint density at radius 2 is 1.59 bits per heavy atom. The number of carbonyl (C=O) groups excluding carboxylic acids is 2. The Kier molecular flexibility index (Phi) is 4.39. The van der Waals surface area contributed by atoms with Crippen molar-refractivity contribution in [2.75, 3.05) is 5.32 Å². The molecule has 0 unspecified atom stereocenters. The van der Waals surface area contributed by atoms with E-state index in [9.17, 15) is 18.0 Å². The van der Waals surface area contributed by atoms with Crippen LogP contribution in [-0.2, 0) is 10.1 Å². The summed E-state index contributed by atoms with van der Waals surface area (Å²) in [5.41, 5.74) is 1.10. The molecule has 7 heteroatoms. The zero-order chi connectivity index (χ0) is 16.3. The van der Waals surface area contributed by atoms with Crippen LogP contribution in [0.15, 0.2) is 53.4 Å². The molecule has 0 atom stereocenters. The SMILES string of the molecule is CC(=O)c1cccc(C(=O)Nc2ccc(S(=O)(=O)O)cc2)c1. The van der Waals surface area contributed by atoms with Crippen LogP contribution >= 0.6 is 0 Å². The van der Waals surface area contributed by atoms with Crippen LogP contribution in [0, 0.1) is 0 Å². The normalized spacial score (nSPS) is 11.0. The van der Waals surface area contributed by atoms with Crippen LogP contribution < -0.4 is 5.32 Å². The highest BCUT2D eigenvalue weighted by molar-refractivity contribution is 7.85. The summed E-state index contributed by atoms with van der Waals surface area (Å²) in [5.74, 6) is -0.574. The first-order chi connectivity index (χ1) is 10.3. The van der Waals surface area contributed by atoms with Crippen molar-refractivity contribution >= 4 is 27.5 Å². The second-order valence-electron chi connectivity index (χ2n) is 4.59. The van der Waals surface area contributed by atoms with Gasteiger partial charge in [0, 0.05) is 16.8 Å². The second kappa shape index (κ2) is 6.08. The molecule has 6 nitrogen and oxygen atoms in total. The van der Waals surface area contributed by atoms with Crippen LogP contribution in [-0.4, -0.2) is 24.7 Å². The maximum Gasteiger partial charge on any atom is 0.294 e. The van der Waals surface area contributed by atoms with Gasteiger partial charge in [-0.2, -0.15) is 8.42 Å². The lowest BCUT2D eigenvalue weighted by Gasteiger charge is -2.06. The van der Waals surface area contributed by atoms with E-state index in [2.05, 4.69) is 5.32 Å². The van der Waals surface area contributed by atoms with Crippen molar-refractivity contribution in [3.8, 4) is 0 Å². The molecule has 0 radical (unpaired) electrons. The number of rotatable bonds is 4. The van der Waals surface area contributed by atoms with Crippen molar-refractivity contribution in [2.24, 2.45) is 0 Å². The number of nitrogens with one attached hydrogen (secondary N) is 1. The number of hydrogen-bond acceptors (Lipinski definition) is 4. The van der Waals surface area contributed by atoms with Gasteiger partial charge in [0.2, 0.25) is 0 Å². The van der Waals surface area contributed by atoms with Gasteiger partial charge in [0.05, 0.1) is 4.90 Å². The summed E-state index contributed by atoms with van der Waals surface area (Å²) in [5, 5.41) is 2.58. The predicted molar refractivity (Wildman–Crippen MR) is 80.7 cm³/mol. The van der Waals surface area contributed by atoms with Crippen molar-refractivity contribution in [3.63, 3.8) is 0 Å². The first-order valence-corrected chi connectivity index (χ1v) is 7.71. The Balaban J connectivity index is 2.18. The molecule has 2 N–H and O–H groups in total. The molecule has 0 aliphatic rings. The summed E-state index contributed by atoms with van der Waals surface area (Å²) in [6.07, 6.45) is 0. The molecule has 0 fully saturated rings. The van der Waals surface area contributed by atoms with E-state index in [0.29, 0.717) is 16.8 Å². The molecule has 0 saturated heterocycles. The number of benzene rings is 2. The molecule has 22 heavy (non-hydrogen) atoms. The molecular formula is C15H13NO5S. The summed E-state index contributed by atoms with van der Waals surface area (Å²) in [4.78, 5) is 23.1. The van der Waals surface area contributed by atoms with Gasteiger partial charge in [0.15, 0.2) is 5.78 Å². The first-order valence-electron chi connectivity index (χ1n) is 6.27. The highest BCUT2D eigenvalue weighted by Gasteiger charge is 2.11. The van der Waals surface area contributed by atoms with Gasteiger partial charge in [-0.25, -0.2) is 0 Å². The molecular weight excluding hydrogens is 306 g/mol. The zero-order valence-electron chi connectivity index (χ0n) is 11.6. The third-order valence-electron chi connectivity index (χ3n) is 2.94. The highest BCUT2D eigenvalue weighted by Crippen LogP contribution is 2.15. The number of anilines is 1. The van der Waals surface area contributed by atoms with Crippen LogP contribution in [0.1, 0.15) is 27.6 Å². The van der Waals surface area contributed by atoms with E-state index in [1.807, 2.05) is 0 Å². The summed E-state index contributed by atoms with van der Waals surface area (Å²) in [7, 11) is -4.27. The monoisotopic (exact) mass is 319 g/mol. The van der Waals surface area contributed by atoms with Crippen molar-refractivity contribution in [3.05, 3.63) is 59.7 Å². The van der Waals surface area contributed by atoms with Gasteiger partial charge in [-0.05, 0) is 43.3 Å². The van der Waals surface area contributed by atoms with Crippen LogP contribution in [0.5, 0.6) is 0 Å². The second-order valence-corrected chi connectivity index (χ2v) is 6.01. The van der Waals surface area contributed by atoms with Crippen molar-refractivity contribution in [2.45, 2.75) is 11.8 Å². The van der Waals surface area contributed by atoms with E-state index in [0.717, 1.165) is 0 Å². The summed E-state index contributed by atoms with van der Waals surface area (Å²) < 4.78 is 30.7. The van der Waals surface area contributed by atoms with Crippen molar-refractivity contribution < 1.29 is 22.6 Å². The molecule has 114 valence electrons. The van der Waals surface area contributed by atoms with Crippen LogP contribution in [0.3, 0.4) is 0 Å². The molecule has 0 heterocycles. The highest BCUT2D eigenvalue weighted by atomic mass is 32.2.